The van der Waals surface area contributed by atoms with Crippen molar-refractivity contribution < 1.29 is 38.3 Å². The Hall–Kier alpha value is 0.0700. The van der Waals surface area contributed by atoms with Crippen molar-refractivity contribution in [2.24, 2.45) is 0 Å². The predicted molar refractivity (Wildman–Crippen MR) is 43.7 cm³/mol. The molecule has 1 atom stereocenters. The van der Waals surface area contributed by atoms with Crippen molar-refractivity contribution in [1.29, 1.82) is 0 Å². The Balaban J connectivity index is 0.00000121. The fourth-order valence-corrected chi connectivity index (χ4v) is 1.17. The molecule has 0 N–H and O–H groups in total. The fraction of sp³-hybridized carbons (Fsp3) is 0. The minimum absolute atomic E-state index is 0. The zero-order valence-electron chi connectivity index (χ0n) is 6.82. The molecule has 1 rings (SSSR count). The summed E-state index contributed by atoms with van der Waals surface area (Å²) in [5.41, 5.74) is 0.812. The third kappa shape index (κ3) is 3.21. The van der Waals surface area contributed by atoms with Crippen LogP contribution in [-0.4, -0.2) is 8.76 Å². The monoisotopic (exact) mass is 190 g/mol. The van der Waals surface area contributed by atoms with Crippen molar-refractivity contribution in [3.8, 4) is 0 Å². The third-order valence-corrected chi connectivity index (χ3v) is 1.93. The summed E-state index contributed by atoms with van der Waals surface area (Å²) in [6.45, 7) is 3.53. The van der Waals surface area contributed by atoms with Crippen molar-refractivity contribution in [2.75, 3.05) is 0 Å². The molecule has 0 aliphatic heterocycles. The van der Waals surface area contributed by atoms with E-state index in [4.69, 9.17) is 0 Å². The van der Waals surface area contributed by atoms with Crippen LogP contribution in [0.2, 0.25) is 0 Å². The molecule has 1 unspecified atom stereocenters. The van der Waals surface area contributed by atoms with Gasteiger partial charge >= 0.3 is 29.6 Å². The standard InChI is InChI=1S/C8H8O2S.Na/c1-2-7-4-3-5-8(6-7)11(9)10;/h2-6H,1H2,(H,9,10);/q;+1/p-1. The van der Waals surface area contributed by atoms with Gasteiger partial charge in [-0.25, -0.2) is 0 Å². The summed E-state index contributed by atoms with van der Waals surface area (Å²) in [6.07, 6.45) is 1.61. The van der Waals surface area contributed by atoms with E-state index < -0.39 is 11.1 Å². The first-order valence-electron chi connectivity index (χ1n) is 3.06. The van der Waals surface area contributed by atoms with Gasteiger partial charge in [-0.05, 0) is 28.8 Å². The van der Waals surface area contributed by atoms with Gasteiger partial charge in [0, 0.05) is 4.90 Å². The van der Waals surface area contributed by atoms with Gasteiger partial charge in [-0.2, -0.15) is 0 Å². The van der Waals surface area contributed by atoms with E-state index in [1.165, 1.54) is 6.07 Å². The first-order valence-corrected chi connectivity index (χ1v) is 4.13. The van der Waals surface area contributed by atoms with Gasteiger partial charge < -0.3 is 4.55 Å². The summed E-state index contributed by atoms with van der Waals surface area (Å²) in [6, 6.07) is 6.58. The minimum Gasteiger partial charge on any atom is -0.768 e. The van der Waals surface area contributed by atoms with Crippen LogP contribution in [0, 0.1) is 0 Å². The molecule has 58 valence electrons. The van der Waals surface area contributed by atoms with E-state index in [-0.39, 0.29) is 29.6 Å². The molecule has 1 aromatic carbocycles. The number of benzene rings is 1. The van der Waals surface area contributed by atoms with Crippen LogP contribution in [0.15, 0.2) is 35.7 Å². The van der Waals surface area contributed by atoms with Gasteiger partial charge in [0.2, 0.25) is 0 Å². The smallest absolute Gasteiger partial charge is 0.768 e. The third-order valence-electron chi connectivity index (χ3n) is 1.29. The van der Waals surface area contributed by atoms with Crippen LogP contribution < -0.4 is 29.6 Å². The van der Waals surface area contributed by atoms with E-state index in [0.717, 1.165) is 5.56 Å². The summed E-state index contributed by atoms with van der Waals surface area (Å²) >= 11 is -2.14. The van der Waals surface area contributed by atoms with Gasteiger partial charge in [-0.1, -0.05) is 24.8 Å². The summed E-state index contributed by atoms with van der Waals surface area (Å²) < 4.78 is 20.9. The second-order valence-electron chi connectivity index (χ2n) is 2.01. The first-order chi connectivity index (χ1) is 5.24. The fourth-order valence-electron chi connectivity index (χ4n) is 0.745. The Morgan fingerprint density at radius 3 is 2.67 bits per heavy atom. The molecular weight excluding hydrogens is 183 g/mol. The second kappa shape index (κ2) is 5.67. The topological polar surface area (TPSA) is 40.1 Å². The van der Waals surface area contributed by atoms with E-state index in [1.807, 2.05) is 0 Å². The number of rotatable bonds is 2. The molecule has 0 aromatic heterocycles. The van der Waals surface area contributed by atoms with Crippen molar-refractivity contribution in [1.82, 2.24) is 0 Å². The summed E-state index contributed by atoms with van der Waals surface area (Å²) in [5.74, 6) is 0. The van der Waals surface area contributed by atoms with E-state index >= 15 is 0 Å². The molecule has 0 heterocycles. The SMILES string of the molecule is C=Cc1cccc(S(=O)[O-])c1.[Na+]. The molecule has 2 nitrogen and oxygen atoms in total. The maximum Gasteiger partial charge on any atom is 1.00 e. The average Bonchev–Trinajstić information content (AvgIpc) is 2.05. The van der Waals surface area contributed by atoms with Gasteiger partial charge in [-0.3, -0.25) is 4.21 Å². The molecule has 0 radical (unpaired) electrons. The maximum atomic E-state index is 10.4. The van der Waals surface area contributed by atoms with Crippen LogP contribution >= 0.6 is 0 Å². The Morgan fingerprint density at radius 2 is 2.17 bits per heavy atom. The van der Waals surface area contributed by atoms with Crippen LogP contribution in [0.3, 0.4) is 0 Å². The molecule has 0 fully saturated rings. The van der Waals surface area contributed by atoms with E-state index in [2.05, 4.69) is 6.58 Å². The first kappa shape index (κ1) is 12.1. The molecule has 0 saturated heterocycles. The zero-order chi connectivity index (χ0) is 8.27. The molecule has 0 saturated carbocycles. The van der Waals surface area contributed by atoms with Crippen molar-refractivity contribution in [3.05, 3.63) is 36.4 Å². The van der Waals surface area contributed by atoms with Crippen molar-refractivity contribution >= 4 is 17.2 Å². The predicted octanol–water partition coefficient (Wildman–Crippen LogP) is -1.43. The minimum atomic E-state index is -2.14. The van der Waals surface area contributed by atoms with Gasteiger partial charge in [0.1, 0.15) is 0 Å². The second-order valence-corrected chi connectivity index (χ2v) is 2.95. The molecule has 12 heavy (non-hydrogen) atoms. The van der Waals surface area contributed by atoms with Crippen LogP contribution in [0.25, 0.3) is 6.08 Å². The van der Waals surface area contributed by atoms with Crippen LogP contribution in [0.5, 0.6) is 0 Å². The van der Waals surface area contributed by atoms with Crippen molar-refractivity contribution in [2.45, 2.75) is 4.90 Å². The Morgan fingerprint density at radius 1 is 1.50 bits per heavy atom. The molecule has 0 aliphatic carbocycles. The summed E-state index contributed by atoms with van der Waals surface area (Å²) in [7, 11) is 0. The zero-order valence-corrected chi connectivity index (χ0v) is 9.64. The Bertz CT molecular complexity index is 299. The van der Waals surface area contributed by atoms with Gasteiger partial charge in [-0.15, -0.1) is 0 Å². The molecule has 0 amide bonds. The largest absolute Gasteiger partial charge is 1.00 e. The van der Waals surface area contributed by atoms with Gasteiger partial charge in [0.25, 0.3) is 0 Å². The van der Waals surface area contributed by atoms with Gasteiger partial charge in [0.15, 0.2) is 0 Å². The molecule has 0 aliphatic rings. The van der Waals surface area contributed by atoms with E-state index in [1.54, 1.807) is 24.3 Å². The average molecular weight is 190 g/mol. The van der Waals surface area contributed by atoms with Crippen LogP contribution in [-0.2, 0) is 11.1 Å². The van der Waals surface area contributed by atoms with Crippen molar-refractivity contribution in [3.63, 3.8) is 0 Å². The van der Waals surface area contributed by atoms with E-state index in [9.17, 15) is 8.76 Å². The molecular formula is C8H7NaO2S. The Kier molecular flexibility index (Phi) is 5.70. The van der Waals surface area contributed by atoms with Crippen LogP contribution in [0.4, 0.5) is 0 Å². The van der Waals surface area contributed by atoms with Gasteiger partial charge in [0.05, 0.1) is 0 Å². The summed E-state index contributed by atoms with van der Waals surface area (Å²) in [5, 5.41) is 0. The molecule has 0 spiro atoms. The maximum absolute atomic E-state index is 10.4. The summed E-state index contributed by atoms with van der Waals surface area (Å²) in [4.78, 5) is 0.294. The quantitative estimate of drug-likeness (QED) is 0.424. The number of hydrogen-bond donors (Lipinski definition) is 0. The van der Waals surface area contributed by atoms with E-state index in [0.29, 0.717) is 4.90 Å². The normalized spacial score (nSPS) is 11.4. The molecule has 1 aromatic rings. The molecule has 4 heteroatoms. The van der Waals surface area contributed by atoms with Crippen LogP contribution in [0.1, 0.15) is 5.56 Å². The molecule has 0 bridgehead atoms. The number of hydrogen-bond acceptors (Lipinski definition) is 2. The Labute approximate surface area is 96.3 Å².